The molecule has 0 aromatic carbocycles. The minimum absolute atomic E-state index is 0.300. The first-order valence-corrected chi connectivity index (χ1v) is 5.69. The van der Waals surface area contributed by atoms with Gasteiger partial charge in [0.05, 0.1) is 5.60 Å². The van der Waals surface area contributed by atoms with Crippen LogP contribution in [0.25, 0.3) is 0 Å². The maximum Gasteiger partial charge on any atom is 0.0936 e. The zero-order valence-corrected chi connectivity index (χ0v) is 10.3. The smallest absolute Gasteiger partial charge is 0.0936 e. The van der Waals surface area contributed by atoms with Gasteiger partial charge in [0.1, 0.15) is 0 Å². The Kier molecular flexibility index (Phi) is 3.62. The average Bonchev–Trinajstić information content (AvgIpc) is 2.14. The highest BCUT2D eigenvalue weighted by Gasteiger charge is 2.32. The Labute approximate surface area is 93.6 Å². The fourth-order valence-corrected chi connectivity index (χ4v) is 1.99. The number of aliphatic hydroxyl groups is 1. The second kappa shape index (κ2) is 4.41. The summed E-state index contributed by atoms with van der Waals surface area (Å²) in [6, 6.07) is 0. The molecule has 1 N–H and O–H groups in total. The Morgan fingerprint density at radius 3 is 2.53 bits per heavy atom. The average molecular weight is 206 g/mol. The van der Waals surface area contributed by atoms with Crippen molar-refractivity contribution in [2.75, 3.05) is 0 Å². The molecule has 2 atom stereocenters. The zero-order chi connectivity index (χ0) is 11.5. The molecule has 84 valence electrons. The molecule has 0 heterocycles. The molecule has 0 saturated heterocycles. The van der Waals surface area contributed by atoms with Crippen molar-refractivity contribution in [3.05, 3.63) is 12.2 Å². The Hall–Kier alpha value is -0.740. The molecular formula is C14H22O. The lowest BCUT2D eigenvalue weighted by Crippen LogP contribution is -2.32. The third-order valence-electron chi connectivity index (χ3n) is 3.21. The SMILES string of the molecule is CC#CCC1(O)C=CC(C(C)(C)C)CC1. The Bertz CT molecular complexity index is 298. The van der Waals surface area contributed by atoms with Gasteiger partial charge in [-0.2, -0.15) is 0 Å². The van der Waals surface area contributed by atoms with E-state index in [1.165, 1.54) is 0 Å². The second-order valence-electron chi connectivity index (χ2n) is 5.58. The molecule has 0 radical (unpaired) electrons. The minimum atomic E-state index is -0.676. The van der Waals surface area contributed by atoms with E-state index in [0.29, 0.717) is 17.8 Å². The molecule has 2 unspecified atom stereocenters. The van der Waals surface area contributed by atoms with Crippen LogP contribution >= 0.6 is 0 Å². The van der Waals surface area contributed by atoms with Crippen molar-refractivity contribution in [1.29, 1.82) is 0 Å². The summed E-state index contributed by atoms with van der Waals surface area (Å²) in [4.78, 5) is 0. The van der Waals surface area contributed by atoms with Gasteiger partial charge in [0, 0.05) is 6.42 Å². The van der Waals surface area contributed by atoms with Crippen LogP contribution in [0.1, 0.15) is 47.0 Å². The van der Waals surface area contributed by atoms with Crippen molar-refractivity contribution >= 4 is 0 Å². The highest BCUT2D eigenvalue weighted by Crippen LogP contribution is 2.37. The van der Waals surface area contributed by atoms with Gasteiger partial charge in [-0.05, 0) is 31.1 Å². The van der Waals surface area contributed by atoms with E-state index in [-0.39, 0.29) is 0 Å². The molecular weight excluding hydrogens is 184 g/mol. The molecule has 0 aromatic heterocycles. The maximum absolute atomic E-state index is 10.2. The van der Waals surface area contributed by atoms with Crippen LogP contribution in [-0.4, -0.2) is 10.7 Å². The van der Waals surface area contributed by atoms with E-state index < -0.39 is 5.60 Å². The van der Waals surface area contributed by atoms with Gasteiger partial charge in [-0.15, -0.1) is 11.8 Å². The predicted octanol–water partition coefficient (Wildman–Crippen LogP) is 3.14. The predicted molar refractivity (Wildman–Crippen MR) is 64.3 cm³/mol. The summed E-state index contributed by atoms with van der Waals surface area (Å²) in [5.74, 6) is 6.37. The molecule has 0 spiro atoms. The Morgan fingerprint density at radius 2 is 2.13 bits per heavy atom. The van der Waals surface area contributed by atoms with E-state index in [2.05, 4.69) is 38.7 Å². The van der Waals surface area contributed by atoms with E-state index in [1.54, 1.807) is 0 Å². The summed E-state index contributed by atoms with van der Waals surface area (Å²) >= 11 is 0. The molecule has 1 rings (SSSR count). The molecule has 0 aromatic rings. The number of hydrogen-bond donors (Lipinski definition) is 1. The number of rotatable bonds is 1. The second-order valence-corrected chi connectivity index (χ2v) is 5.58. The highest BCUT2D eigenvalue weighted by molar-refractivity contribution is 5.14. The van der Waals surface area contributed by atoms with Crippen LogP contribution in [0.3, 0.4) is 0 Å². The van der Waals surface area contributed by atoms with Gasteiger partial charge in [-0.1, -0.05) is 32.9 Å². The van der Waals surface area contributed by atoms with Crippen molar-refractivity contribution in [3.8, 4) is 11.8 Å². The fraction of sp³-hybridized carbons (Fsp3) is 0.714. The van der Waals surface area contributed by atoms with E-state index in [0.717, 1.165) is 12.8 Å². The number of allylic oxidation sites excluding steroid dienone is 1. The molecule has 1 nitrogen and oxygen atoms in total. The van der Waals surface area contributed by atoms with E-state index in [4.69, 9.17) is 0 Å². The van der Waals surface area contributed by atoms with Gasteiger partial charge in [-0.3, -0.25) is 0 Å². The number of hydrogen-bond acceptors (Lipinski definition) is 1. The zero-order valence-electron chi connectivity index (χ0n) is 10.3. The molecule has 1 aliphatic rings. The summed E-state index contributed by atoms with van der Waals surface area (Å²) in [5.41, 5.74) is -0.376. The molecule has 1 aliphatic carbocycles. The van der Waals surface area contributed by atoms with Crippen LogP contribution in [0.5, 0.6) is 0 Å². The molecule has 0 fully saturated rings. The normalized spacial score (nSPS) is 30.9. The molecule has 0 saturated carbocycles. The van der Waals surface area contributed by atoms with Crippen molar-refractivity contribution in [1.82, 2.24) is 0 Å². The Balaban J connectivity index is 2.67. The van der Waals surface area contributed by atoms with Gasteiger partial charge in [-0.25, -0.2) is 0 Å². The van der Waals surface area contributed by atoms with Gasteiger partial charge in [0.2, 0.25) is 0 Å². The summed E-state index contributed by atoms with van der Waals surface area (Å²) in [5, 5.41) is 10.2. The van der Waals surface area contributed by atoms with Crippen molar-refractivity contribution in [2.45, 2.75) is 52.6 Å². The van der Waals surface area contributed by atoms with Gasteiger partial charge >= 0.3 is 0 Å². The van der Waals surface area contributed by atoms with Crippen LogP contribution in [0.2, 0.25) is 0 Å². The summed E-state index contributed by atoms with van der Waals surface area (Å²) in [6.07, 6.45) is 6.58. The highest BCUT2D eigenvalue weighted by atomic mass is 16.3. The lowest BCUT2D eigenvalue weighted by molar-refractivity contribution is 0.0639. The van der Waals surface area contributed by atoms with E-state index >= 15 is 0 Å². The third-order valence-corrected chi connectivity index (χ3v) is 3.21. The van der Waals surface area contributed by atoms with E-state index in [9.17, 15) is 5.11 Å². The van der Waals surface area contributed by atoms with Crippen LogP contribution in [0, 0.1) is 23.2 Å². The lowest BCUT2D eigenvalue weighted by Gasteiger charge is -2.36. The third kappa shape index (κ3) is 3.39. The first kappa shape index (κ1) is 12.3. The monoisotopic (exact) mass is 206 g/mol. The molecule has 0 bridgehead atoms. The van der Waals surface area contributed by atoms with Crippen molar-refractivity contribution in [3.63, 3.8) is 0 Å². The first-order chi connectivity index (χ1) is 6.87. The van der Waals surface area contributed by atoms with Gasteiger partial charge in [0.25, 0.3) is 0 Å². The van der Waals surface area contributed by atoms with Crippen LogP contribution in [-0.2, 0) is 0 Å². The minimum Gasteiger partial charge on any atom is -0.385 e. The van der Waals surface area contributed by atoms with Crippen LogP contribution in [0.15, 0.2) is 12.2 Å². The summed E-state index contributed by atoms with van der Waals surface area (Å²) in [6.45, 7) is 8.56. The quantitative estimate of drug-likeness (QED) is 0.516. The van der Waals surface area contributed by atoms with Crippen molar-refractivity contribution in [2.24, 2.45) is 11.3 Å². The molecule has 1 heteroatoms. The van der Waals surface area contributed by atoms with Crippen LogP contribution < -0.4 is 0 Å². The van der Waals surface area contributed by atoms with Crippen LogP contribution in [0.4, 0.5) is 0 Å². The lowest BCUT2D eigenvalue weighted by atomic mass is 9.72. The van der Waals surface area contributed by atoms with E-state index in [1.807, 2.05) is 13.0 Å². The largest absolute Gasteiger partial charge is 0.385 e. The van der Waals surface area contributed by atoms with Gasteiger partial charge < -0.3 is 5.11 Å². The summed E-state index contributed by atoms with van der Waals surface area (Å²) in [7, 11) is 0. The molecule has 15 heavy (non-hydrogen) atoms. The molecule has 0 aliphatic heterocycles. The van der Waals surface area contributed by atoms with Crippen molar-refractivity contribution < 1.29 is 5.11 Å². The standard InChI is InChI=1S/C14H22O/c1-5-6-9-14(15)10-7-12(8-11-14)13(2,3)4/h7,10,12,15H,8-9,11H2,1-4H3. The fourth-order valence-electron chi connectivity index (χ4n) is 1.99. The maximum atomic E-state index is 10.2. The topological polar surface area (TPSA) is 20.2 Å². The molecule has 0 amide bonds. The first-order valence-electron chi connectivity index (χ1n) is 5.69. The van der Waals surface area contributed by atoms with Gasteiger partial charge in [0.15, 0.2) is 0 Å². The summed E-state index contributed by atoms with van der Waals surface area (Å²) < 4.78 is 0. The Morgan fingerprint density at radius 1 is 1.47 bits per heavy atom.